The highest BCUT2D eigenvalue weighted by molar-refractivity contribution is 6.31. The number of halogens is 1. The molecule has 0 saturated carbocycles. The first kappa shape index (κ1) is 15.1. The minimum Gasteiger partial charge on any atom is -0.386 e. The lowest BCUT2D eigenvalue weighted by atomic mass is 9.89. The molecule has 108 valence electrons. The molecule has 2 rings (SSSR count). The van der Waals surface area contributed by atoms with Gasteiger partial charge in [0, 0.05) is 12.5 Å². The van der Waals surface area contributed by atoms with Gasteiger partial charge in [0.05, 0.1) is 16.9 Å². The summed E-state index contributed by atoms with van der Waals surface area (Å²) in [4.78, 5) is 0. The maximum Gasteiger partial charge on any atom is 0.104 e. The van der Waals surface area contributed by atoms with E-state index in [4.69, 9.17) is 11.6 Å². The van der Waals surface area contributed by atoms with Gasteiger partial charge in [-0.2, -0.15) is 5.10 Å². The van der Waals surface area contributed by atoms with Gasteiger partial charge in [-0.1, -0.05) is 55.8 Å². The third-order valence-electron chi connectivity index (χ3n) is 3.60. The maximum absolute atomic E-state index is 10.8. The second kappa shape index (κ2) is 6.91. The summed E-state index contributed by atoms with van der Waals surface area (Å²) in [5.41, 5.74) is 1.85. The Labute approximate surface area is 125 Å². The average Bonchev–Trinajstić information content (AvgIpc) is 2.82. The molecule has 0 aliphatic heterocycles. The summed E-state index contributed by atoms with van der Waals surface area (Å²) in [5, 5.41) is 15.6. The molecule has 0 radical (unpaired) electrons. The number of hydrogen-bond donors (Lipinski definition) is 1. The second-order valence-corrected chi connectivity index (χ2v) is 5.38. The van der Waals surface area contributed by atoms with Crippen LogP contribution in [0.2, 0.25) is 5.02 Å². The Balaban J connectivity index is 2.34. The molecular weight excluding hydrogens is 272 g/mol. The Kier molecular flexibility index (Phi) is 5.21. The fraction of sp³-hybridized carbons (Fsp3) is 0.438. The predicted molar refractivity (Wildman–Crippen MR) is 82.0 cm³/mol. The van der Waals surface area contributed by atoms with Crippen LogP contribution in [0.3, 0.4) is 0 Å². The van der Waals surface area contributed by atoms with Crippen molar-refractivity contribution in [2.24, 2.45) is 0 Å². The summed E-state index contributed by atoms with van der Waals surface area (Å²) in [6.07, 6.45) is 2.79. The van der Waals surface area contributed by atoms with Gasteiger partial charge in [-0.15, -0.1) is 0 Å². The van der Waals surface area contributed by atoms with Crippen molar-refractivity contribution in [3.05, 3.63) is 52.8 Å². The van der Waals surface area contributed by atoms with Gasteiger partial charge in [-0.3, -0.25) is 4.68 Å². The van der Waals surface area contributed by atoms with Gasteiger partial charge in [0.1, 0.15) is 6.10 Å². The average molecular weight is 293 g/mol. The van der Waals surface area contributed by atoms with Crippen molar-refractivity contribution in [2.45, 2.75) is 45.3 Å². The van der Waals surface area contributed by atoms with Crippen LogP contribution in [0.15, 0.2) is 36.5 Å². The van der Waals surface area contributed by atoms with Crippen LogP contribution >= 0.6 is 11.6 Å². The van der Waals surface area contributed by atoms with Crippen LogP contribution in [-0.2, 0) is 6.54 Å². The molecule has 1 aromatic carbocycles. The van der Waals surface area contributed by atoms with Crippen LogP contribution in [0, 0.1) is 0 Å². The fourth-order valence-electron chi connectivity index (χ4n) is 2.59. The maximum atomic E-state index is 10.8. The van der Waals surface area contributed by atoms with E-state index in [1.807, 2.05) is 35.0 Å². The Bertz CT molecular complexity index is 539. The molecule has 2 atom stereocenters. The van der Waals surface area contributed by atoms with E-state index in [0.29, 0.717) is 5.02 Å². The van der Waals surface area contributed by atoms with Crippen molar-refractivity contribution in [1.82, 2.24) is 9.78 Å². The first-order chi connectivity index (χ1) is 9.69. The smallest absolute Gasteiger partial charge is 0.104 e. The van der Waals surface area contributed by atoms with Gasteiger partial charge in [0.25, 0.3) is 0 Å². The third-order valence-corrected chi connectivity index (χ3v) is 3.89. The molecule has 2 aromatic rings. The summed E-state index contributed by atoms with van der Waals surface area (Å²) in [5.74, 6) is 0.0287. The van der Waals surface area contributed by atoms with Crippen LogP contribution in [0.1, 0.15) is 50.0 Å². The van der Waals surface area contributed by atoms with E-state index in [-0.39, 0.29) is 5.92 Å². The van der Waals surface area contributed by atoms with E-state index in [0.717, 1.165) is 30.6 Å². The Hall–Kier alpha value is -1.32. The zero-order valence-corrected chi connectivity index (χ0v) is 12.7. The molecule has 0 aliphatic rings. The Morgan fingerprint density at radius 3 is 2.55 bits per heavy atom. The van der Waals surface area contributed by atoms with E-state index in [9.17, 15) is 5.11 Å². The van der Waals surface area contributed by atoms with Crippen molar-refractivity contribution in [2.75, 3.05) is 0 Å². The summed E-state index contributed by atoms with van der Waals surface area (Å²) in [7, 11) is 0. The van der Waals surface area contributed by atoms with Crippen LogP contribution in [0.5, 0.6) is 0 Å². The highest BCUT2D eigenvalue weighted by Crippen LogP contribution is 2.36. The van der Waals surface area contributed by atoms with Gasteiger partial charge < -0.3 is 5.11 Å². The largest absolute Gasteiger partial charge is 0.386 e. The molecule has 0 aliphatic carbocycles. The standard InChI is InChI=1S/C16H21ClN2O/c1-3-10-19-15(14(17)11-18-19)16(20)13(4-2)12-8-6-5-7-9-12/h5-9,11,13,16,20H,3-4,10H2,1-2H3. The molecule has 2 unspecified atom stereocenters. The number of aryl methyl sites for hydroxylation is 1. The van der Waals surface area contributed by atoms with Gasteiger partial charge in [-0.05, 0) is 18.4 Å². The number of aliphatic hydroxyl groups excluding tert-OH is 1. The minimum absolute atomic E-state index is 0.0287. The molecular formula is C16H21ClN2O. The van der Waals surface area contributed by atoms with Gasteiger partial charge >= 0.3 is 0 Å². The Morgan fingerprint density at radius 1 is 1.25 bits per heavy atom. The molecule has 1 aromatic heterocycles. The minimum atomic E-state index is -0.635. The van der Waals surface area contributed by atoms with Crippen molar-refractivity contribution in [1.29, 1.82) is 0 Å². The van der Waals surface area contributed by atoms with Crippen molar-refractivity contribution < 1.29 is 5.11 Å². The summed E-state index contributed by atoms with van der Waals surface area (Å²) >= 11 is 6.22. The lowest BCUT2D eigenvalue weighted by Crippen LogP contribution is -2.16. The summed E-state index contributed by atoms with van der Waals surface area (Å²) < 4.78 is 1.82. The highest BCUT2D eigenvalue weighted by Gasteiger charge is 2.26. The SMILES string of the molecule is CCCn1ncc(Cl)c1C(O)C(CC)c1ccccc1. The quantitative estimate of drug-likeness (QED) is 0.867. The second-order valence-electron chi connectivity index (χ2n) is 4.97. The summed E-state index contributed by atoms with van der Waals surface area (Å²) in [6.45, 7) is 4.93. The molecule has 1 heterocycles. The molecule has 0 amide bonds. The first-order valence-corrected chi connectivity index (χ1v) is 7.51. The molecule has 3 nitrogen and oxygen atoms in total. The lowest BCUT2D eigenvalue weighted by molar-refractivity contribution is 0.132. The molecule has 0 spiro atoms. The third kappa shape index (κ3) is 3.05. The predicted octanol–water partition coefficient (Wildman–Crippen LogP) is 4.17. The molecule has 0 fully saturated rings. The monoisotopic (exact) mass is 292 g/mol. The lowest BCUT2D eigenvalue weighted by Gasteiger charge is -2.23. The van der Waals surface area contributed by atoms with Gasteiger partial charge in [-0.25, -0.2) is 0 Å². The van der Waals surface area contributed by atoms with E-state index in [2.05, 4.69) is 18.9 Å². The molecule has 0 saturated heterocycles. The first-order valence-electron chi connectivity index (χ1n) is 7.13. The van der Waals surface area contributed by atoms with E-state index in [1.165, 1.54) is 0 Å². The number of rotatable bonds is 6. The zero-order chi connectivity index (χ0) is 14.5. The topological polar surface area (TPSA) is 38.0 Å². The molecule has 0 bridgehead atoms. The van der Waals surface area contributed by atoms with Crippen LogP contribution in [0.25, 0.3) is 0 Å². The van der Waals surface area contributed by atoms with Crippen LogP contribution in [-0.4, -0.2) is 14.9 Å². The highest BCUT2D eigenvalue weighted by atomic mass is 35.5. The van der Waals surface area contributed by atoms with E-state index < -0.39 is 6.10 Å². The fourth-order valence-corrected chi connectivity index (χ4v) is 2.84. The number of nitrogens with zero attached hydrogens (tertiary/aromatic N) is 2. The van der Waals surface area contributed by atoms with Crippen molar-refractivity contribution >= 4 is 11.6 Å². The Morgan fingerprint density at radius 2 is 1.95 bits per heavy atom. The van der Waals surface area contributed by atoms with E-state index in [1.54, 1.807) is 6.20 Å². The number of aliphatic hydroxyl groups is 1. The van der Waals surface area contributed by atoms with Gasteiger partial charge in [0.15, 0.2) is 0 Å². The number of benzene rings is 1. The van der Waals surface area contributed by atoms with Crippen molar-refractivity contribution in [3.8, 4) is 0 Å². The summed E-state index contributed by atoms with van der Waals surface area (Å²) in [6, 6.07) is 10.1. The van der Waals surface area contributed by atoms with Gasteiger partial charge in [0.2, 0.25) is 0 Å². The van der Waals surface area contributed by atoms with Crippen molar-refractivity contribution in [3.63, 3.8) is 0 Å². The normalized spacial score (nSPS) is 14.2. The van der Waals surface area contributed by atoms with Crippen LogP contribution in [0.4, 0.5) is 0 Å². The number of hydrogen-bond acceptors (Lipinski definition) is 2. The molecule has 1 N–H and O–H groups in total. The molecule has 20 heavy (non-hydrogen) atoms. The van der Waals surface area contributed by atoms with Crippen LogP contribution < -0.4 is 0 Å². The number of aromatic nitrogens is 2. The zero-order valence-electron chi connectivity index (χ0n) is 12.0. The molecule has 4 heteroatoms. The van der Waals surface area contributed by atoms with E-state index >= 15 is 0 Å².